The zero-order chi connectivity index (χ0) is 22.1. The number of phenolic OH excluding ortho intramolecular Hbond substituents is 1. The number of rotatable bonds is 5. The Morgan fingerprint density at radius 3 is 2.75 bits per heavy atom. The third-order valence-electron chi connectivity index (χ3n) is 6.10. The second kappa shape index (κ2) is 8.64. The zero-order valence-corrected chi connectivity index (χ0v) is 18.0. The Morgan fingerprint density at radius 1 is 1.12 bits per heavy atom. The Kier molecular flexibility index (Phi) is 5.55. The summed E-state index contributed by atoms with van der Waals surface area (Å²) in [5.74, 6) is 1.46. The van der Waals surface area contributed by atoms with Gasteiger partial charge in [0.15, 0.2) is 0 Å². The normalized spacial score (nSPS) is 17.8. The number of nitrogens with zero attached hydrogens (tertiary/aromatic N) is 3. The van der Waals surface area contributed by atoms with E-state index in [0.717, 1.165) is 49.7 Å². The summed E-state index contributed by atoms with van der Waals surface area (Å²) in [5, 5.41) is 19.0. The minimum atomic E-state index is -0.304. The number of para-hydroxylation sites is 1. The molecule has 0 saturated carbocycles. The minimum absolute atomic E-state index is 0.119. The molecule has 8 heteroatoms. The molecule has 0 radical (unpaired) electrons. The summed E-state index contributed by atoms with van der Waals surface area (Å²) in [6.45, 7) is 4.76. The van der Waals surface area contributed by atoms with E-state index in [4.69, 9.17) is 19.6 Å². The van der Waals surface area contributed by atoms with Crippen LogP contribution in [0, 0.1) is 5.41 Å². The molecule has 0 amide bonds. The van der Waals surface area contributed by atoms with Crippen molar-refractivity contribution < 1.29 is 19.3 Å². The maximum absolute atomic E-state index is 10.0. The third kappa shape index (κ3) is 3.72. The molecule has 1 atom stereocenters. The first-order valence-electron chi connectivity index (χ1n) is 10.7. The van der Waals surface area contributed by atoms with Crippen LogP contribution < -0.4 is 15.0 Å². The van der Waals surface area contributed by atoms with Gasteiger partial charge in [0.1, 0.15) is 29.1 Å². The molecular weight excluding hydrogens is 408 g/mol. The summed E-state index contributed by atoms with van der Waals surface area (Å²) in [7, 11) is 1.64. The topological polar surface area (TPSA) is 92.8 Å². The lowest BCUT2D eigenvalue weighted by molar-refractivity contribution is 0.0362. The van der Waals surface area contributed by atoms with Gasteiger partial charge in [-0.15, -0.1) is 0 Å². The quantitative estimate of drug-likeness (QED) is 0.502. The molecule has 166 valence electrons. The number of aromatic nitrogens is 2. The molecule has 8 nitrogen and oxygen atoms in total. The number of aromatic hydroxyl groups is 1. The zero-order valence-electron chi connectivity index (χ0n) is 18.0. The molecule has 1 fully saturated rings. The summed E-state index contributed by atoms with van der Waals surface area (Å²) in [6.07, 6.45) is 1.66. The number of hydrogen-bond donors (Lipinski definition) is 2. The molecule has 1 saturated heterocycles. The van der Waals surface area contributed by atoms with E-state index in [-0.39, 0.29) is 11.7 Å². The average molecular weight is 434 g/mol. The predicted molar refractivity (Wildman–Crippen MR) is 117 cm³/mol. The van der Waals surface area contributed by atoms with E-state index in [2.05, 4.69) is 9.88 Å². The molecule has 3 heterocycles. The van der Waals surface area contributed by atoms with Gasteiger partial charge in [0.2, 0.25) is 5.88 Å². The van der Waals surface area contributed by atoms with Crippen LogP contribution in [0.2, 0.25) is 0 Å². The van der Waals surface area contributed by atoms with Crippen molar-refractivity contribution in [1.82, 2.24) is 14.5 Å². The van der Waals surface area contributed by atoms with E-state index in [9.17, 15) is 5.11 Å². The Morgan fingerprint density at radius 2 is 1.94 bits per heavy atom. The predicted octanol–water partition coefficient (Wildman–Crippen LogP) is 2.69. The van der Waals surface area contributed by atoms with Crippen molar-refractivity contribution in [3.05, 3.63) is 71.0 Å². The van der Waals surface area contributed by atoms with Crippen LogP contribution >= 0.6 is 0 Å². The number of nitrogens with one attached hydrogen (secondary N) is 1. The Labute approximate surface area is 186 Å². The molecule has 5 rings (SSSR count). The fourth-order valence-electron chi connectivity index (χ4n) is 4.43. The van der Waals surface area contributed by atoms with Gasteiger partial charge < -0.3 is 23.9 Å². The Hall–Kier alpha value is -3.36. The average Bonchev–Trinajstić information content (AvgIpc) is 2.83. The summed E-state index contributed by atoms with van der Waals surface area (Å²) >= 11 is 0. The lowest BCUT2D eigenvalue weighted by atomic mass is 9.83. The highest BCUT2D eigenvalue weighted by molar-refractivity contribution is 5.59. The summed E-state index contributed by atoms with van der Waals surface area (Å²) < 4.78 is 19.0. The minimum Gasteiger partial charge on any atom is -0.508 e. The molecule has 0 spiro atoms. The molecule has 32 heavy (non-hydrogen) atoms. The number of ether oxygens (including phenoxy) is 3. The number of fused-ring (bicyclic) bond motifs is 2. The molecule has 1 unspecified atom stereocenters. The van der Waals surface area contributed by atoms with Crippen LogP contribution in [0.5, 0.6) is 23.1 Å². The second-order valence-corrected chi connectivity index (χ2v) is 7.96. The SMILES string of the molecule is COc1ccccc1C1c2ccc(O)cc2Oc2ncn(CCN3CCOCC3)c(=N)c21. The van der Waals surface area contributed by atoms with E-state index >= 15 is 0 Å². The van der Waals surface area contributed by atoms with Gasteiger partial charge in [-0.05, 0) is 12.1 Å². The molecular formula is C24H26N4O4. The van der Waals surface area contributed by atoms with Crippen molar-refractivity contribution in [3.63, 3.8) is 0 Å². The molecule has 2 aliphatic heterocycles. The summed E-state index contributed by atoms with van der Waals surface area (Å²) in [6, 6.07) is 12.9. The van der Waals surface area contributed by atoms with E-state index in [0.29, 0.717) is 29.2 Å². The van der Waals surface area contributed by atoms with E-state index in [1.54, 1.807) is 25.6 Å². The van der Waals surface area contributed by atoms with Crippen molar-refractivity contribution in [2.24, 2.45) is 0 Å². The van der Waals surface area contributed by atoms with Crippen LogP contribution in [0.4, 0.5) is 0 Å². The van der Waals surface area contributed by atoms with Crippen LogP contribution in [-0.4, -0.2) is 59.5 Å². The van der Waals surface area contributed by atoms with Crippen LogP contribution in [-0.2, 0) is 11.3 Å². The molecule has 2 aliphatic rings. The Bertz CT molecular complexity index is 1190. The van der Waals surface area contributed by atoms with Gasteiger partial charge in [0.05, 0.1) is 31.8 Å². The maximum atomic E-state index is 10.0. The molecule has 2 aromatic carbocycles. The summed E-state index contributed by atoms with van der Waals surface area (Å²) in [5.41, 5.74) is 2.84. The highest BCUT2D eigenvalue weighted by Crippen LogP contribution is 2.47. The van der Waals surface area contributed by atoms with Crippen molar-refractivity contribution in [3.8, 4) is 23.1 Å². The van der Waals surface area contributed by atoms with E-state index < -0.39 is 0 Å². The van der Waals surface area contributed by atoms with Gasteiger partial charge in [-0.3, -0.25) is 10.3 Å². The van der Waals surface area contributed by atoms with E-state index in [1.807, 2.05) is 34.9 Å². The molecule has 0 bridgehead atoms. The molecule has 0 aliphatic carbocycles. The summed E-state index contributed by atoms with van der Waals surface area (Å²) in [4.78, 5) is 6.89. The van der Waals surface area contributed by atoms with Gasteiger partial charge in [-0.2, -0.15) is 0 Å². The fraction of sp³-hybridized carbons (Fsp3) is 0.333. The number of hydrogen-bond acceptors (Lipinski definition) is 7. The Balaban J connectivity index is 1.59. The number of benzene rings is 2. The van der Waals surface area contributed by atoms with E-state index in [1.165, 1.54) is 0 Å². The molecule has 1 aromatic heterocycles. The van der Waals surface area contributed by atoms with Gasteiger partial charge in [-0.25, -0.2) is 4.98 Å². The first-order valence-corrected chi connectivity index (χ1v) is 10.7. The van der Waals surface area contributed by atoms with Crippen LogP contribution in [0.1, 0.15) is 22.6 Å². The lowest BCUT2D eigenvalue weighted by Gasteiger charge is -2.30. The van der Waals surface area contributed by atoms with Crippen LogP contribution in [0.3, 0.4) is 0 Å². The van der Waals surface area contributed by atoms with Crippen LogP contribution in [0.15, 0.2) is 48.8 Å². The first-order chi connectivity index (χ1) is 15.7. The van der Waals surface area contributed by atoms with Crippen LogP contribution in [0.25, 0.3) is 0 Å². The van der Waals surface area contributed by atoms with Crippen molar-refractivity contribution in [1.29, 1.82) is 5.41 Å². The third-order valence-corrected chi connectivity index (χ3v) is 6.10. The van der Waals surface area contributed by atoms with Crippen molar-refractivity contribution >= 4 is 0 Å². The molecule has 2 N–H and O–H groups in total. The highest BCUT2D eigenvalue weighted by Gasteiger charge is 2.33. The first kappa shape index (κ1) is 20.5. The number of morpholine rings is 1. The van der Waals surface area contributed by atoms with Gasteiger partial charge in [0, 0.05) is 43.4 Å². The highest BCUT2D eigenvalue weighted by atomic mass is 16.5. The number of methoxy groups -OCH3 is 1. The van der Waals surface area contributed by atoms with Gasteiger partial charge >= 0.3 is 0 Å². The smallest absolute Gasteiger partial charge is 0.228 e. The van der Waals surface area contributed by atoms with Crippen molar-refractivity contribution in [2.45, 2.75) is 12.5 Å². The van der Waals surface area contributed by atoms with Gasteiger partial charge in [-0.1, -0.05) is 24.3 Å². The number of phenols is 1. The fourth-order valence-corrected chi connectivity index (χ4v) is 4.43. The lowest BCUT2D eigenvalue weighted by Crippen LogP contribution is -2.40. The second-order valence-electron chi connectivity index (χ2n) is 7.96. The monoisotopic (exact) mass is 434 g/mol. The van der Waals surface area contributed by atoms with Gasteiger partial charge in [0.25, 0.3) is 0 Å². The van der Waals surface area contributed by atoms with Crippen molar-refractivity contribution in [2.75, 3.05) is 40.0 Å². The largest absolute Gasteiger partial charge is 0.508 e. The maximum Gasteiger partial charge on any atom is 0.228 e. The molecule has 3 aromatic rings. The standard InChI is InChI=1S/C24H26N4O4/c1-30-19-5-3-2-4-17(19)21-18-7-6-16(29)14-20(18)32-24-22(21)23(25)28(15-26-24)9-8-27-10-12-31-13-11-27/h2-7,14-15,21,25,29H,8-13H2,1H3.